The molecule has 0 saturated heterocycles. The van der Waals surface area contributed by atoms with Crippen LogP contribution in [-0.2, 0) is 0 Å². The second-order valence-corrected chi connectivity index (χ2v) is 5.38. The van der Waals surface area contributed by atoms with Crippen LogP contribution in [0.25, 0.3) is 11.0 Å². The summed E-state index contributed by atoms with van der Waals surface area (Å²) in [6.45, 7) is 2.21. The first kappa shape index (κ1) is 13.1. The van der Waals surface area contributed by atoms with Gasteiger partial charge in [-0.05, 0) is 30.9 Å². The number of nitrogens with two attached hydrogens (primary N) is 1. The van der Waals surface area contributed by atoms with Crippen LogP contribution in [0.1, 0.15) is 13.3 Å². The summed E-state index contributed by atoms with van der Waals surface area (Å²) in [4.78, 5) is 10.2. The van der Waals surface area contributed by atoms with Gasteiger partial charge >= 0.3 is 0 Å². The largest absolute Gasteiger partial charge is 0.399 e. The third-order valence-electron chi connectivity index (χ3n) is 3.21. The Labute approximate surface area is 112 Å². The fourth-order valence-corrected chi connectivity index (χ4v) is 2.89. The lowest BCUT2D eigenvalue weighted by atomic mass is 10.2. The predicted molar refractivity (Wildman–Crippen MR) is 81.4 cm³/mol. The van der Waals surface area contributed by atoms with Gasteiger partial charge in [0.25, 0.3) is 0 Å². The van der Waals surface area contributed by atoms with Crippen LogP contribution >= 0.6 is 11.8 Å². The number of aromatic amines is 1. The summed E-state index contributed by atoms with van der Waals surface area (Å²) < 4.78 is 0. The maximum Gasteiger partial charge on any atom is 0.203 e. The van der Waals surface area contributed by atoms with Crippen LogP contribution in [-0.4, -0.2) is 35.1 Å². The Kier molecular flexibility index (Phi) is 4.01. The summed E-state index contributed by atoms with van der Waals surface area (Å²) in [5.41, 5.74) is 8.50. The molecular formula is C13H20N4S. The topological polar surface area (TPSA) is 57.9 Å². The van der Waals surface area contributed by atoms with Crippen molar-refractivity contribution < 1.29 is 0 Å². The molecule has 1 heterocycles. The average molecular weight is 264 g/mol. The predicted octanol–water partition coefficient (Wildman–Crippen LogP) is 2.72. The SMILES string of the molecule is CCC(CSC)N(C)c1nc2ccc(N)cc2[nH]1. The second kappa shape index (κ2) is 5.52. The molecule has 0 aliphatic heterocycles. The highest BCUT2D eigenvalue weighted by atomic mass is 32.2. The van der Waals surface area contributed by atoms with Gasteiger partial charge in [0.1, 0.15) is 0 Å². The molecule has 5 heteroatoms. The molecule has 18 heavy (non-hydrogen) atoms. The quantitative estimate of drug-likeness (QED) is 0.815. The normalized spacial score (nSPS) is 12.8. The molecule has 3 N–H and O–H groups in total. The number of nitrogen functional groups attached to an aromatic ring is 1. The molecule has 0 fully saturated rings. The molecule has 1 aromatic heterocycles. The van der Waals surface area contributed by atoms with Crippen LogP contribution in [0.3, 0.4) is 0 Å². The van der Waals surface area contributed by atoms with Crippen molar-refractivity contribution in [3.8, 4) is 0 Å². The first-order chi connectivity index (χ1) is 8.65. The number of rotatable bonds is 5. The summed E-state index contributed by atoms with van der Waals surface area (Å²) >= 11 is 1.86. The maximum atomic E-state index is 5.78. The van der Waals surface area contributed by atoms with E-state index in [1.54, 1.807) is 0 Å². The van der Waals surface area contributed by atoms with Crippen molar-refractivity contribution in [1.82, 2.24) is 9.97 Å². The zero-order chi connectivity index (χ0) is 13.1. The third-order valence-corrected chi connectivity index (χ3v) is 3.92. The van der Waals surface area contributed by atoms with Gasteiger partial charge in [0.2, 0.25) is 5.95 Å². The van der Waals surface area contributed by atoms with Gasteiger partial charge < -0.3 is 15.6 Å². The lowest BCUT2D eigenvalue weighted by Gasteiger charge is -2.26. The van der Waals surface area contributed by atoms with E-state index in [1.165, 1.54) is 0 Å². The number of thioether (sulfide) groups is 1. The standard InChI is InChI=1S/C13H20N4S/c1-4-10(8-18-3)17(2)13-15-11-6-5-9(14)7-12(11)16-13/h5-7,10H,4,8,14H2,1-3H3,(H,15,16). The van der Waals surface area contributed by atoms with Crippen LogP contribution in [0.5, 0.6) is 0 Å². The van der Waals surface area contributed by atoms with E-state index < -0.39 is 0 Å². The minimum Gasteiger partial charge on any atom is -0.399 e. The van der Waals surface area contributed by atoms with Gasteiger partial charge in [0.15, 0.2) is 0 Å². The summed E-state index contributed by atoms with van der Waals surface area (Å²) in [5, 5.41) is 0. The molecule has 2 rings (SSSR count). The van der Waals surface area contributed by atoms with Gasteiger partial charge in [-0.2, -0.15) is 11.8 Å². The van der Waals surface area contributed by atoms with Crippen molar-refractivity contribution in [3.05, 3.63) is 18.2 Å². The summed E-state index contributed by atoms with van der Waals surface area (Å²) in [6.07, 6.45) is 3.24. The van der Waals surface area contributed by atoms with Crippen LogP contribution in [0, 0.1) is 0 Å². The van der Waals surface area contributed by atoms with Gasteiger partial charge in [0, 0.05) is 24.5 Å². The van der Waals surface area contributed by atoms with Crippen LogP contribution in [0.2, 0.25) is 0 Å². The number of hydrogen-bond donors (Lipinski definition) is 2. The van der Waals surface area contributed by atoms with Crippen molar-refractivity contribution in [2.45, 2.75) is 19.4 Å². The molecule has 0 aliphatic carbocycles. The summed E-state index contributed by atoms with van der Waals surface area (Å²) in [7, 11) is 2.09. The van der Waals surface area contributed by atoms with Crippen LogP contribution < -0.4 is 10.6 Å². The molecule has 2 aromatic rings. The first-order valence-corrected chi connectivity index (χ1v) is 7.52. The van der Waals surface area contributed by atoms with E-state index in [0.717, 1.165) is 34.8 Å². The molecular weight excluding hydrogens is 244 g/mol. The molecule has 0 spiro atoms. The molecule has 4 nitrogen and oxygen atoms in total. The number of benzene rings is 1. The first-order valence-electron chi connectivity index (χ1n) is 6.12. The monoisotopic (exact) mass is 264 g/mol. The number of fused-ring (bicyclic) bond motifs is 1. The molecule has 1 unspecified atom stereocenters. The Morgan fingerprint density at radius 1 is 1.50 bits per heavy atom. The van der Waals surface area contributed by atoms with Crippen LogP contribution in [0.15, 0.2) is 18.2 Å². The minimum atomic E-state index is 0.498. The van der Waals surface area contributed by atoms with Crippen molar-refractivity contribution in [3.63, 3.8) is 0 Å². The summed E-state index contributed by atoms with van der Waals surface area (Å²) in [5.74, 6) is 2.02. The molecule has 0 bridgehead atoms. The lowest BCUT2D eigenvalue weighted by Crippen LogP contribution is -2.33. The van der Waals surface area contributed by atoms with E-state index in [9.17, 15) is 0 Å². The molecule has 1 aromatic carbocycles. The minimum absolute atomic E-state index is 0.498. The van der Waals surface area contributed by atoms with Gasteiger partial charge in [-0.3, -0.25) is 0 Å². The number of nitrogens with zero attached hydrogens (tertiary/aromatic N) is 2. The maximum absolute atomic E-state index is 5.78. The fraction of sp³-hybridized carbons (Fsp3) is 0.462. The van der Waals surface area contributed by atoms with Gasteiger partial charge in [0.05, 0.1) is 11.0 Å². The highest BCUT2D eigenvalue weighted by molar-refractivity contribution is 7.98. The van der Waals surface area contributed by atoms with Crippen molar-refractivity contribution in [1.29, 1.82) is 0 Å². The van der Waals surface area contributed by atoms with Crippen molar-refractivity contribution in [2.24, 2.45) is 0 Å². The molecule has 0 radical (unpaired) electrons. The third kappa shape index (κ3) is 2.56. The number of anilines is 2. The molecule has 0 saturated carbocycles. The van der Waals surface area contributed by atoms with Crippen molar-refractivity contribution in [2.75, 3.05) is 29.7 Å². The van der Waals surface area contributed by atoms with E-state index in [4.69, 9.17) is 5.73 Å². The Balaban J connectivity index is 2.29. The second-order valence-electron chi connectivity index (χ2n) is 4.47. The molecule has 1 atom stereocenters. The van der Waals surface area contributed by atoms with E-state index >= 15 is 0 Å². The summed E-state index contributed by atoms with van der Waals surface area (Å²) in [6, 6.07) is 6.26. The molecule has 0 aliphatic rings. The van der Waals surface area contributed by atoms with Gasteiger partial charge in [-0.25, -0.2) is 4.98 Å². The van der Waals surface area contributed by atoms with Gasteiger partial charge in [-0.1, -0.05) is 6.92 Å². The lowest BCUT2D eigenvalue weighted by molar-refractivity contribution is 0.661. The Hall–Kier alpha value is -1.36. The van der Waals surface area contributed by atoms with E-state index in [1.807, 2.05) is 30.0 Å². The number of H-pyrrole nitrogens is 1. The zero-order valence-corrected chi connectivity index (χ0v) is 11.9. The Morgan fingerprint density at radius 3 is 2.94 bits per heavy atom. The van der Waals surface area contributed by atoms with Crippen molar-refractivity contribution >= 4 is 34.4 Å². The molecule has 98 valence electrons. The van der Waals surface area contributed by atoms with Crippen LogP contribution in [0.4, 0.5) is 11.6 Å². The number of hydrogen-bond acceptors (Lipinski definition) is 4. The van der Waals surface area contributed by atoms with E-state index in [-0.39, 0.29) is 0 Å². The molecule has 0 amide bonds. The number of aromatic nitrogens is 2. The highest BCUT2D eigenvalue weighted by Gasteiger charge is 2.15. The Bertz CT molecular complexity index is 523. The average Bonchev–Trinajstić information content (AvgIpc) is 2.77. The zero-order valence-electron chi connectivity index (χ0n) is 11.1. The fourth-order valence-electron chi connectivity index (χ4n) is 2.05. The van der Waals surface area contributed by atoms with E-state index in [2.05, 4.69) is 35.1 Å². The number of imidazole rings is 1. The smallest absolute Gasteiger partial charge is 0.203 e. The highest BCUT2D eigenvalue weighted by Crippen LogP contribution is 2.21. The number of nitrogens with one attached hydrogen (secondary N) is 1. The van der Waals surface area contributed by atoms with E-state index in [0.29, 0.717) is 6.04 Å². The van der Waals surface area contributed by atoms with Gasteiger partial charge in [-0.15, -0.1) is 0 Å². The Morgan fingerprint density at radius 2 is 2.28 bits per heavy atom.